The molecule has 1 atom stereocenters. The van der Waals surface area contributed by atoms with Crippen LogP contribution in [0, 0.1) is 0 Å². The summed E-state index contributed by atoms with van der Waals surface area (Å²) in [6, 6.07) is 13.1. The Labute approximate surface area is 127 Å². The van der Waals surface area contributed by atoms with Crippen molar-refractivity contribution in [2.45, 2.75) is 12.5 Å². The first kappa shape index (κ1) is 14.2. The first-order chi connectivity index (χ1) is 10.7. The Hall–Kier alpha value is -2.73. The number of benzene rings is 1. The van der Waals surface area contributed by atoms with Crippen molar-refractivity contribution in [3.63, 3.8) is 0 Å². The molecule has 0 aliphatic rings. The van der Waals surface area contributed by atoms with Crippen molar-refractivity contribution in [2.75, 3.05) is 6.54 Å². The van der Waals surface area contributed by atoms with Crippen LogP contribution < -0.4 is 5.32 Å². The maximum atomic E-state index is 12.1. The molecule has 22 heavy (non-hydrogen) atoms. The van der Waals surface area contributed by atoms with Gasteiger partial charge in [-0.1, -0.05) is 30.3 Å². The molecule has 1 amide bonds. The van der Waals surface area contributed by atoms with Crippen molar-refractivity contribution in [3.8, 4) is 0 Å². The number of nitrogens with zero attached hydrogens (tertiary/aromatic N) is 3. The number of carbonyl (C=O) groups excluding carboxylic acids is 1. The molecule has 3 rings (SSSR count). The third-order valence-electron chi connectivity index (χ3n) is 3.37. The number of amides is 1. The molecule has 0 saturated heterocycles. The fourth-order valence-electron chi connectivity index (χ4n) is 2.23. The van der Waals surface area contributed by atoms with Crippen LogP contribution in [-0.2, 0) is 6.42 Å². The summed E-state index contributed by atoms with van der Waals surface area (Å²) in [5.41, 5.74) is 2.22. The van der Waals surface area contributed by atoms with Gasteiger partial charge in [0, 0.05) is 19.2 Å². The third-order valence-corrected chi connectivity index (χ3v) is 3.37. The summed E-state index contributed by atoms with van der Waals surface area (Å²) in [7, 11) is 0. The van der Waals surface area contributed by atoms with Crippen molar-refractivity contribution in [3.05, 3.63) is 66.1 Å². The molecule has 0 fully saturated rings. The molecule has 2 N–H and O–H groups in total. The van der Waals surface area contributed by atoms with Gasteiger partial charge in [0.15, 0.2) is 5.65 Å². The Bertz CT molecular complexity index is 770. The van der Waals surface area contributed by atoms with Crippen molar-refractivity contribution >= 4 is 11.6 Å². The predicted molar refractivity (Wildman–Crippen MR) is 81.5 cm³/mol. The quantitative estimate of drug-likeness (QED) is 0.738. The molecule has 112 valence electrons. The van der Waals surface area contributed by atoms with E-state index >= 15 is 0 Å². The van der Waals surface area contributed by atoms with Gasteiger partial charge in [-0.2, -0.15) is 0 Å². The molecule has 0 bridgehead atoms. The zero-order chi connectivity index (χ0) is 15.4. The standard InChI is InChI=1S/C16H16N4O2/c21-14(8-12-4-2-1-3-5-12)9-17-16(22)13-6-7-15-19-18-11-20(15)10-13/h1-7,10-11,14,21H,8-9H2,(H,17,22). The lowest BCUT2D eigenvalue weighted by atomic mass is 10.1. The summed E-state index contributed by atoms with van der Waals surface area (Å²) in [4.78, 5) is 12.1. The molecule has 1 unspecified atom stereocenters. The van der Waals surface area contributed by atoms with Crippen molar-refractivity contribution < 1.29 is 9.90 Å². The summed E-state index contributed by atoms with van der Waals surface area (Å²) < 4.78 is 1.68. The normalized spacial score (nSPS) is 12.2. The van der Waals surface area contributed by atoms with Gasteiger partial charge in [0.25, 0.3) is 5.91 Å². The van der Waals surface area contributed by atoms with Gasteiger partial charge < -0.3 is 10.4 Å². The lowest BCUT2D eigenvalue weighted by Crippen LogP contribution is -2.33. The molecule has 1 aromatic carbocycles. The highest BCUT2D eigenvalue weighted by Crippen LogP contribution is 2.05. The van der Waals surface area contributed by atoms with Crippen LogP contribution in [0.15, 0.2) is 55.0 Å². The highest BCUT2D eigenvalue weighted by Gasteiger charge is 2.10. The van der Waals surface area contributed by atoms with Crippen LogP contribution in [-0.4, -0.2) is 38.3 Å². The summed E-state index contributed by atoms with van der Waals surface area (Å²) in [6.45, 7) is 0.202. The van der Waals surface area contributed by atoms with Gasteiger partial charge in [0.05, 0.1) is 11.7 Å². The molecule has 0 aliphatic heterocycles. The van der Waals surface area contributed by atoms with Gasteiger partial charge in [-0.25, -0.2) is 0 Å². The minimum absolute atomic E-state index is 0.202. The minimum Gasteiger partial charge on any atom is -0.391 e. The number of carbonyl (C=O) groups is 1. The number of hydrogen-bond acceptors (Lipinski definition) is 4. The van der Waals surface area contributed by atoms with Gasteiger partial charge >= 0.3 is 0 Å². The molecule has 0 saturated carbocycles. The topological polar surface area (TPSA) is 79.5 Å². The van der Waals surface area contributed by atoms with Crippen LogP contribution in [0.2, 0.25) is 0 Å². The van der Waals surface area contributed by atoms with Gasteiger partial charge in [-0.15, -0.1) is 10.2 Å². The second kappa shape index (κ2) is 6.36. The van der Waals surface area contributed by atoms with Gasteiger partial charge in [0.1, 0.15) is 6.33 Å². The first-order valence-corrected chi connectivity index (χ1v) is 7.02. The fourth-order valence-corrected chi connectivity index (χ4v) is 2.23. The Morgan fingerprint density at radius 1 is 1.23 bits per heavy atom. The number of aliphatic hydroxyl groups is 1. The molecular formula is C16H16N4O2. The summed E-state index contributed by atoms with van der Waals surface area (Å²) in [5.74, 6) is -0.234. The van der Waals surface area contributed by atoms with E-state index in [4.69, 9.17) is 0 Å². The number of hydrogen-bond donors (Lipinski definition) is 2. The van der Waals surface area contributed by atoms with Crippen LogP contribution in [0.1, 0.15) is 15.9 Å². The van der Waals surface area contributed by atoms with Gasteiger partial charge in [-0.3, -0.25) is 9.20 Å². The van der Waals surface area contributed by atoms with E-state index in [-0.39, 0.29) is 12.5 Å². The Morgan fingerprint density at radius 2 is 2.05 bits per heavy atom. The zero-order valence-corrected chi connectivity index (χ0v) is 11.9. The smallest absolute Gasteiger partial charge is 0.252 e. The SMILES string of the molecule is O=C(NCC(O)Cc1ccccc1)c1ccc2nncn2c1. The minimum atomic E-state index is -0.620. The van der Waals surface area contributed by atoms with Crippen LogP contribution in [0.3, 0.4) is 0 Å². The lowest BCUT2D eigenvalue weighted by molar-refractivity contribution is 0.0915. The van der Waals surface area contributed by atoms with E-state index in [1.54, 1.807) is 22.7 Å². The van der Waals surface area contributed by atoms with Crippen molar-refractivity contribution in [2.24, 2.45) is 0 Å². The second-order valence-electron chi connectivity index (χ2n) is 5.07. The number of nitrogens with one attached hydrogen (secondary N) is 1. The maximum absolute atomic E-state index is 12.1. The number of fused-ring (bicyclic) bond motifs is 1. The van der Waals surface area contributed by atoms with Crippen LogP contribution >= 0.6 is 0 Å². The molecule has 2 aromatic heterocycles. The summed E-state index contributed by atoms with van der Waals surface area (Å²) in [6.07, 6.45) is 3.08. The lowest BCUT2D eigenvalue weighted by Gasteiger charge is -2.12. The van der Waals surface area contributed by atoms with Gasteiger partial charge in [0.2, 0.25) is 0 Å². The number of aromatic nitrogens is 3. The molecule has 0 aliphatic carbocycles. The highest BCUT2D eigenvalue weighted by molar-refractivity contribution is 5.94. The molecule has 2 heterocycles. The monoisotopic (exact) mass is 296 g/mol. The number of aliphatic hydroxyl groups excluding tert-OH is 1. The largest absolute Gasteiger partial charge is 0.391 e. The maximum Gasteiger partial charge on any atom is 0.252 e. The van der Waals surface area contributed by atoms with E-state index in [0.717, 1.165) is 5.56 Å². The van der Waals surface area contributed by atoms with E-state index in [2.05, 4.69) is 15.5 Å². The Kier molecular flexibility index (Phi) is 4.11. The van der Waals surface area contributed by atoms with Crippen LogP contribution in [0.4, 0.5) is 0 Å². The highest BCUT2D eigenvalue weighted by atomic mass is 16.3. The molecular weight excluding hydrogens is 280 g/mol. The zero-order valence-electron chi connectivity index (χ0n) is 11.9. The summed E-state index contributed by atoms with van der Waals surface area (Å²) in [5, 5.41) is 20.4. The van der Waals surface area contributed by atoms with Crippen molar-refractivity contribution in [1.29, 1.82) is 0 Å². The van der Waals surface area contributed by atoms with Crippen LogP contribution in [0.5, 0.6) is 0 Å². The summed E-state index contributed by atoms with van der Waals surface area (Å²) >= 11 is 0. The van der Waals surface area contributed by atoms with Gasteiger partial charge in [-0.05, 0) is 17.7 Å². The van der Waals surface area contributed by atoms with E-state index < -0.39 is 6.10 Å². The third kappa shape index (κ3) is 3.29. The molecule has 6 heteroatoms. The van der Waals surface area contributed by atoms with E-state index in [1.807, 2.05) is 30.3 Å². The van der Waals surface area contributed by atoms with E-state index in [1.165, 1.54) is 6.33 Å². The molecule has 0 radical (unpaired) electrons. The molecule has 6 nitrogen and oxygen atoms in total. The number of rotatable bonds is 5. The Balaban J connectivity index is 1.57. The molecule has 0 spiro atoms. The first-order valence-electron chi connectivity index (χ1n) is 7.02. The second-order valence-corrected chi connectivity index (χ2v) is 5.07. The predicted octanol–water partition coefficient (Wildman–Crippen LogP) is 1.06. The van der Waals surface area contributed by atoms with E-state index in [9.17, 15) is 9.90 Å². The average Bonchev–Trinajstić information content (AvgIpc) is 3.01. The van der Waals surface area contributed by atoms with Crippen molar-refractivity contribution in [1.82, 2.24) is 19.9 Å². The van der Waals surface area contributed by atoms with Crippen LogP contribution in [0.25, 0.3) is 5.65 Å². The average molecular weight is 296 g/mol. The molecule has 3 aromatic rings. The van der Waals surface area contributed by atoms with E-state index in [0.29, 0.717) is 17.6 Å². The Morgan fingerprint density at radius 3 is 2.86 bits per heavy atom. The number of pyridine rings is 1. The fraction of sp³-hybridized carbons (Fsp3) is 0.188.